The normalized spacial score (nSPS) is 17.2. The minimum atomic E-state index is -0.819. The van der Waals surface area contributed by atoms with Crippen molar-refractivity contribution in [1.82, 2.24) is 19.9 Å². The van der Waals surface area contributed by atoms with E-state index < -0.39 is 12.0 Å². The molecule has 1 fully saturated rings. The van der Waals surface area contributed by atoms with Crippen LogP contribution >= 0.6 is 15.9 Å². The number of aryl methyl sites for hydroxylation is 2. The Hall–Kier alpha value is -2.16. The van der Waals surface area contributed by atoms with E-state index in [0.717, 1.165) is 57.6 Å². The Labute approximate surface area is 171 Å². The van der Waals surface area contributed by atoms with Crippen LogP contribution in [0.4, 0.5) is 0 Å². The molecule has 0 unspecified atom stereocenters. The monoisotopic (exact) mass is 446 g/mol. The van der Waals surface area contributed by atoms with E-state index >= 15 is 0 Å². The van der Waals surface area contributed by atoms with Crippen LogP contribution in [-0.4, -0.2) is 57.2 Å². The van der Waals surface area contributed by atoms with Gasteiger partial charge in [-0.1, -0.05) is 21.1 Å². The molecular formula is C20H23BrN4O3. The van der Waals surface area contributed by atoms with Gasteiger partial charge in [0.2, 0.25) is 0 Å². The quantitative estimate of drug-likeness (QED) is 0.623. The zero-order valence-corrected chi connectivity index (χ0v) is 17.5. The van der Waals surface area contributed by atoms with E-state index in [1.165, 1.54) is 0 Å². The van der Waals surface area contributed by atoms with E-state index in [0.29, 0.717) is 13.1 Å². The molecular weight excluding hydrogens is 424 g/mol. The number of hydrogen-bond acceptors (Lipinski definition) is 5. The van der Waals surface area contributed by atoms with E-state index in [-0.39, 0.29) is 0 Å². The first-order chi connectivity index (χ1) is 13.4. The van der Waals surface area contributed by atoms with Crippen LogP contribution in [-0.2, 0) is 11.3 Å². The number of fused-ring (bicyclic) bond motifs is 1. The number of H-pyrrole nitrogens is 1. The molecule has 1 aliphatic heterocycles. The maximum absolute atomic E-state index is 12.2. The molecule has 2 aromatic heterocycles. The van der Waals surface area contributed by atoms with Gasteiger partial charge < -0.3 is 14.6 Å². The summed E-state index contributed by atoms with van der Waals surface area (Å²) < 4.78 is 6.19. The first-order valence-corrected chi connectivity index (χ1v) is 10.1. The van der Waals surface area contributed by atoms with Crippen LogP contribution in [0.3, 0.4) is 0 Å². The molecule has 0 bridgehead atoms. The molecule has 1 aliphatic rings. The number of halogens is 1. The van der Waals surface area contributed by atoms with Crippen molar-refractivity contribution in [3.63, 3.8) is 0 Å². The van der Waals surface area contributed by atoms with E-state index in [2.05, 4.69) is 35.9 Å². The summed E-state index contributed by atoms with van der Waals surface area (Å²) in [7, 11) is 0. The minimum Gasteiger partial charge on any atom is -0.480 e. The predicted molar refractivity (Wildman–Crippen MR) is 109 cm³/mol. The van der Waals surface area contributed by atoms with Crippen LogP contribution in [0.25, 0.3) is 10.9 Å². The number of hydrogen-bond donors (Lipinski definition) is 2. The average Bonchev–Trinajstić information content (AvgIpc) is 3.21. The molecule has 7 nitrogen and oxygen atoms in total. The average molecular weight is 447 g/mol. The van der Waals surface area contributed by atoms with Gasteiger partial charge in [0.1, 0.15) is 11.8 Å². The Balaban J connectivity index is 1.51. The van der Waals surface area contributed by atoms with Gasteiger partial charge in [-0.2, -0.15) is 0 Å². The lowest BCUT2D eigenvalue weighted by atomic mass is 10.0. The summed E-state index contributed by atoms with van der Waals surface area (Å²) in [6.45, 7) is 7.67. The Bertz CT molecular complexity index is 985. The third kappa shape index (κ3) is 3.59. The molecule has 0 aliphatic carbocycles. The zero-order chi connectivity index (χ0) is 19.8. The van der Waals surface area contributed by atoms with Crippen molar-refractivity contribution in [3.05, 3.63) is 51.4 Å². The number of aromatic nitrogens is 2. The predicted octanol–water partition coefficient (Wildman–Crippen LogP) is 3.48. The highest BCUT2D eigenvalue weighted by molar-refractivity contribution is 9.10. The molecule has 2 N–H and O–H groups in total. The first kappa shape index (κ1) is 19.2. The molecule has 4 rings (SSSR count). The maximum Gasteiger partial charge on any atom is 0.325 e. The molecule has 0 spiro atoms. The van der Waals surface area contributed by atoms with Crippen molar-refractivity contribution >= 4 is 32.8 Å². The van der Waals surface area contributed by atoms with Crippen molar-refractivity contribution in [1.29, 1.82) is 0 Å². The summed E-state index contributed by atoms with van der Waals surface area (Å²) in [5.74, 6) is 0.0350. The summed E-state index contributed by atoms with van der Waals surface area (Å²) in [6.07, 6.45) is 1.83. The summed E-state index contributed by atoms with van der Waals surface area (Å²) in [6, 6.07) is 5.23. The van der Waals surface area contributed by atoms with E-state index in [9.17, 15) is 9.90 Å². The van der Waals surface area contributed by atoms with E-state index in [1.807, 2.05) is 38.2 Å². The van der Waals surface area contributed by atoms with Gasteiger partial charge in [-0.15, -0.1) is 0 Å². The van der Waals surface area contributed by atoms with E-state index in [4.69, 9.17) is 4.52 Å². The molecule has 3 aromatic rings. The lowest BCUT2D eigenvalue weighted by molar-refractivity contribution is -0.144. The minimum absolute atomic E-state index is 0.663. The van der Waals surface area contributed by atoms with Crippen molar-refractivity contribution in [2.24, 2.45) is 0 Å². The third-order valence-electron chi connectivity index (χ3n) is 5.54. The lowest BCUT2D eigenvalue weighted by Crippen LogP contribution is -2.48. The molecule has 3 heterocycles. The van der Waals surface area contributed by atoms with Gasteiger partial charge in [-0.3, -0.25) is 14.6 Å². The number of piperazine rings is 1. The molecule has 1 atom stereocenters. The largest absolute Gasteiger partial charge is 0.480 e. The summed E-state index contributed by atoms with van der Waals surface area (Å²) in [5.41, 5.74) is 3.81. The van der Waals surface area contributed by atoms with Gasteiger partial charge in [0.25, 0.3) is 0 Å². The fraction of sp³-hybridized carbons (Fsp3) is 0.400. The Morgan fingerprint density at radius 3 is 2.71 bits per heavy atom. The molecule has 148 valence electrons. The molecule has 0 saturated carbocycles. The Morgan fingerprint density at radius 2 is 2.07 bits per heavy atom. The second-order valence-electron chi connectivity index (χ2n) is 7.29. The van der Waals surface area contributed by atoms with Crippen LogP contribution in [0.2, 0.25) is 0 Å². The lowest BCUT2D eigenvalue weighted by Gasteiger charge is -2.37. The standard InChI is InChI=1S/C20H23BrN4O3/c1-12-17(13(2)28-23-12)11-24-5-7-25(8-6-24)19(20(26)27)16-10-22-18-4-3-14(21)9-15(16)18/h3-4,9-10,19,22H,5-8,11H2,1-2H3,(H,26,27)/t19-/m0/s1. The fourth-order valence-electron chi connectivity index (χ4n) is 3.96. The number of aliphatic carboxylic acids is 1. The van der Waals surface area contributed by atoms with Gasteiger partial charge >= 0.3 is 5.97 Å². The topological polar surface area (TPSA) is 85.6 Å². The fourth-order valence-corrected chi connectivity index (χ4v) is 4.32. The van der Waals surface area contributed by atoms with E-state index in [1.54, 1.807) is 0 Å². The molecule has 1 saturated heterocycles. The zero-order valence-electron chi connectivity index (χ0n) is 15.9. The highest BCUT2D eigenvalue weighted by atomic mass is 79.9. The molecule has 0 amide bonds. The molecule has 0 radical (unpaired) electrons. The second kappa shape index (κ2) is 7.69. The SMILES string of the molecule is Cc1noc(C)c1CN1CCN([C@H](C(=O)O)c2c[nH]c3ccc(Br)cc23)CC1. The maximum atomic E-state index is 12.2. The number of carboxylic acids is 1. The van der Waals surface area contributed by atoms with Crippen molar-refractivity contribution in [2.45, 2.75) is 26.4 Å². The van der Waals surface area contributed by atoms with Gasteiger partial charge in [0, 0.05) is 65.4 Å². The second-order valence-corrected chi connectivity index (χ2v) is 8.21. The molecule has 1 aromatic carbocycles. The number of nitrogens with zero attached hydrogens (tertiary/aromatic N) is 3. The van der Waals surface area contributed by atoms with Crippen molar-refractivity contribution < 1.29 is 14.4 Å². The van der Waals surface area contributed by atoms with Crippen molar-refractivity contribution in [3.8, 4) is 0 Å². The number of nitrogens with one attached hydrogen (secondary N) is 1. The number of rotatable bonds is 5. The number of aromatic amines is 1. The van der Waals surface area contributed by atoms with Crippen LogP contribution in [0.1, 0.15) is 28.6 Å². The number of carbonyl (C=O) groups is 1. The van der Waals surface area contributed by atoms with Gasteiger partial charge in [0.05, 0.1) is 5.69 Å². The van der Waals surface area contributed by atoms with Crippen LogP contribution in [0.5, 0.6) is 0 Å². The van der Waals surface area contributed by atoms with Crippen LogP contribution in [0.15, 0.2) is 33.4 Å². The van der Waals surface area contributed by atoms with Gasteiger partial charge in [-0.25, -0.2) is 0 Å². The smallest absolute Gasteiger partial charge is 0.325 e. The van der Waals surface area contributed by atoms with Gasteiger partial charge in [0.15, 0.2) is 0 Å². The number of carboxylic acid groups (broad SMARTS) is 1. The van der Waals surface area contributed by atoms with Crippen LogP contribution in [0, 0.1) is 13.8 Å². The highest BCUT2D eigenvalue weighted by Gasteiger charge is 2.32. The molecule has 28 heavy (non-hydrogen) atoms. The first-order valence-electron chi connectivity index (χ1n) is 9.31. The summed E-state index contributed by atoms with van der Waals surface area (Å²) >= 11 is 3.49. The number of benzene rings is 1. The third-order valence-corrected chi connectivity index (χ3v) is 6.03. The molecule has 8 heteroatoms. The highest BCUT2D eigenvalue weighted by Crippen LogP contribution is 2.31. The Morgan fingerprint density at radius 1 is 1.32 bits per heavy atom. The van der Waals surface area contributed by atoms with Gasteiger partial charge in [-0.05, 0) is 32.0 Å². The Kier molecular flexibility index (Phi) is 5.27. The summed E-state index contributed by atoms with van der Waals surface area (Å²) in [4.78, 5) is 19.7. The summed E-state index contributed by atoms with van der Waals surface area (Å²) in [5, 5.41) is 14.9. The van der Waals surface area contributed by atoms with Crippen molar-refractivity contribution in [2.75, 3.05) is 26.2 Å². The van der Waals surface area contributed by atoms with Crippen LogP contribution < -0.4 is 0 Å².